The van der Waals surface area contributed by atoms with E-state index in [1.807, 2.05) is 0 Å². The van der Waals surface area contributed by atoms with E-state index in [-0.39, 0.29) is 18.1 Å². The van der Waals surface area contributed by atoms with Crippen molar-refractivity contribution in [3.05, 3.63) is 18.2 Å². The molecule has 0 radical (unpaired) electrons. The van der Waals surface area contributed by atoms with Gasteiger partial charge in [-0.1, -0.05) is 0 Å². The van der Waals surface area contributed by atoms with Crippen molar-refractivity contribution < 1.29 is 9.90 Å². The van der Waals surface area contributed by atoms with Gasteiger partial charge in [0.1, 0.15) is 5.69 Å². The Morgan fingerprint density at radius 2 is 2.47 bits per heavy atom. The zero-order valence-corrected chi connectivity index (χ0v) is 8.44. The molecule has 1 aromatic heterocycles. The molecular formula is C10H15N3O2. The minimum absolute atomic E-state index is 0.0875. The van der Waals surface area contributed by atoms with Gasteiger partial charge < -0.3 is 15.4 Å². The summed E-state index contributed by atoms with van der Waals surface area (Å²) in [6, 6.07) is 0.0875. The largest absolute Gasteiger partial charge is 0.393 e. The molecule has 2 rings (SSSR count). The third kappa shape index (κ3) is 2.56. The summed E-state index contributed by atoms with van der Waals surface area (Å²) in [5.41, 5.74) is 0.468. The Morgan fingerprint density at radius 1 is 1.60 bits per heavy atom. The lowest BCUT2D eigenvalue weighted by atomic mass is 9.93. The van der Waals surface area contributed by atoms with E-state index in [1.54, 1.807) is 0 Å². The molecule has 1 aliphatic carbocycles. The zero-order chi connectivity index (χ0) is 10.7. The van der Waals surface area contributed by atoms with Gasteiger partial charge in [-0.3, -0.25) is 4.79 Å². The highest BCUT2D eigenvalue weighted by molar-refractivity contribution is 5.92. The SMILES string of the molecule is O=C(NC1CCCC(O)C1)c1cnc[nH]1. The number of aromatic nitrogens is 2. The third-order valence-electron chi connectivity index (χ3n) is 2.72. The number of aliphatic hydroxyl groups excluding tert-OH is 1. The molecule has 0 saturated heterocycles. The van der Waals surface area contributed by atoms with E-state index in [9.17, 15) is 9.90 Å². The number of carbonyl (C=O) groups is 1. The van der Waals surface area contributed by atoms with Crippen LogP contribution in [0.4, 0.5) is 0 Å². The Kier molecular flexibility index (Phi) is 3.01. The highest BCUT2D eigenvalue weighted by Gasteiger charge is 2.22. The van der Waals surface area contributed by atoms with Gasteiger partial charge in [0.15, 0.2) is 0 Å². The number of aromatic amines is 1. The standard InChI is InChI=1S/C10H15N3O2/c14-8-3-1-2-7(4-8)13-10(15)9-5-11-6-12-9/h5-8,14H,1-4H2,(H,11,12)(H,13,15). The number of nitrogens with one attached hydrogen (secondary N) is 2. The third-order valence-corrected chi connectivity index (χ3v) is 2.72. The highest BCUT2D eigenvalue weighted by atomic mass is 16.3. The molecule has 2 atom stereocenters. The van der Waals surface area contributed by atoms with E-state index in [2.05, 4.69) is 15.3 Å². The Morgan fingerprint density at radius 3 is 3.13 bits per heavy atom. The molecular weight excluding hydrogens is 194 g/mol. The first-order valence-corrected chi connectivity index (χ1v) is 5.23. The van der Waals surface area contributed by atoms with Crippen LogP contribution in [0.1, 0.15) is 36.2 Å². The lowest BCUT2D eigenvalue weighted by Gasteiger charge is -2.26. The molecule has 1 saturated carbocycles. The van der Waals surface area contributed by atoms with Crippen LogP contribution in [0.3, 0.4) is 0 Å². The molecule has 0 bridgehead atoms. The normalized spacial score (nSPS) is 26.2. The Labute approximate surface area is 87.9 Å². The number of hydrogen-bond donors (Lipinski definition) is 3. The molecule has 15 heavy (non-hydrogen) atoms. The highest BCUT2D eigenvalue weighted by Crippen LogP contribution is 2.18. The number of hydrogen-bond acceptors (Lipinski definition) is 3. The molecule has 1 fully saturated rings. The summed E-state index contributed by atoms with van der Waals surface area (Å²) in [6.45, 7) is 0. The lowest BCUT2D eigenvalue weighted by Crippen LogP contribution is -2.39. The van der Waals surface area contributed by atoms with Crippen molar-refractivity contribution in [1.82, 2.24) is 15.3 Å². The number of aliphatic hydroxyl groups is 1. The average molecular weight is 209 g/mol. The maximum absolute atomic E-state index is 11.6. The molecule has 3 N–H and O–H groups in total. The second-order valence-electron chi connectivity index (χ2n) is 3.96. The van der Waals surface area contributed by atoms with Gasteiger partial charge in [-0.05, 0) is 25.7 Å². The van der Waals surface area contributed by atoms with Gasteiger partial charge in [0.25, 0.3) is 5.91 Å². The quantitative estimate of drug-likeness (QED) is 0.661. The van der Waals surface area contributed by atoms with Crippen LogP contribution in [0.5, 0.6) is 0 Å². The minimum Gasteiger partial charge on any atom is -0.393 e. The summed E-state index contributed by atoms with van der Waals surface area (Å²) in [7, 11) is 0. The molecule has 5 nitrogen and oxygen atoms in total. The number of imidazole rings is 1. The van der Waals surface area contributed by atoms with Gasteiger partial charge in [0, 0.05) is 6.04 Å². The number of H-pyrrole nitrogens is 1. The van der Waals surface area contributed by atoms with Crippen LogP contribution >= 0.6 is 0 Å². The molecule has 5 heteroatoms. The van der Waals surface area contributed by atoms with Gasteiger partial charge in [-0.15, -0.1) is 0 Å². The Bertz CT molecular complexity index is 323. The minimum atomic E-state index is -0.272. The number of amides is 1. The van der Waals surface area contributed by atoms with E-state index in [4.69, 9.17) is 0 Å². The van der Waals surface area contributed by atoms with Crippen molar-refractivity contribution in [3.63, 3.8) is 0 Å². The van der Waals surface area contributed by atoms with E-state index >= 15 is 0 Å². The second-order valence-corrected chi connectivity index (χ2v) is 3.96. The fraction of sp³-hybridized carbons (Fsp3) is 0.600. The van der Waals surface area contributed by atoms with Crippen molar-refractivity contribution in [3.8, 4) is 0 Å². The van der Waals surface area contributed by atoms with E-state index in [0.29, 0.717) is 12.1 Å². The summed E-state index contributed by atoms with van der Waals surface area (Å²) >= 11 is 0. The van der Waals surface area contributed by atoms with Crippen molar-refractivity contribution in [2.75, 3.05) is 0 Å². The number of rotatable bonds is 2. The maximum Gasteiger partial charge on any atom is 0.269 e. The maximum atomic E-state index is 11.6. The fourth-order valence-electron chi connectivity index (χ4n) is 1.94. The molecule has 1 heterocycles. The van der Waals surface area contributed by atoms with Gasteiger partial charge in [0.2, 0.25) is 0 Å². The first-order valence-electron chi connectivity index (χ1n) is 5.23. The summed E-state index contributed by atoms with van der Waals surface area (Å²) in [5, 5.41) is 12.3. The van der Waals surface area contributed by atoms with Gasteiger partial charge in [0.05, 0.1) is 18.6 Å². The molecule has 1 amide bonds. The van der Waals surface area contributed by atoms with Crippen molar-refractivity contribution in [1.29, 1.82) is 0 Å². The molecule has 82 valence electrons. The van der Waals surface area contributed by atoms with Gasteiger partial charge in [-0.2, -0.15) is 0 Å². The van der Waals surface area contributed by atoms with Crippen molar-refractivity contribution in [2.45, 2.75) is 37.8 Å². The van der Waals surface area contributed by atoms with Crippen molar-refractivity contribution in [2.24, 2.45) is 0 Å². The van der Waals surface area contributed by atoms with Crippen LogP contribution in [0.2, 0.25) is 0 Å². The molecule has 0 aromatic carbocycles. The van der Waals surface area contributed by atoms with Gasteiger partial charge in [-0.25, -0.2) is 4.98 Å². The first-order chi connectivity index (χ1) is 7.25. The van der Waals surface area contributed by atoms with E-state index in [1.165, 1.54) is 12.5 Å². The summed E-state index contributed by atoms with van der Waals surface area (Å²) in [6.07, 6.45) is 6.10. The zero-order valence-electron chi connectivity index (χ0n) is 8.44. The van der Waals surface area contributed by atoms with E-state index < -0.39 is 0 Å². The second kappa shape index (κ2) is 4.44. The monoisotopic (exact) mass is 209 g/mol. The van der Waals surface area contributed by atoms with Crippen LogP contribution in [0.15, 0.2) is 12.5 Å². The number of carbonyl (C=O) groups excluding carboxylic acids is 1. The average Bonchev–Trinajstić information content (AvgIpc) is 2.70. The smallest absolute Gasteiger partial charge is 0.269 e. The summed E-state index contributed by atoms with van der Waals surface area (Å²) in [5.74, 6) is -0.147. The Hall–Kier alpha value is -1.36. The van der Waals surface area contributed by atoms with Crippen molar-refractivity contribution >= 4 is 5.91 Å². The molecule has 1 aromatic rings. The van der Waals surface area contributed by atoms with E-state index in [0.717, 1.165) is 19.3 Å². The van der Waals surface area contributed by atoms with Crippen LogP contribution in [-0.2, 0) is 0 Å². The predicted octanol–water partition coefficient (Wildman–Crippen LogP) is 0.443. The molecule has 0 aliphatic heterocycles. The molecule has 0 spiro atoms. The molecule has 2 unspecified atom stereocenters. The molecule has 1 aliphatic rings. The van der Waals surface area contributed by atoms with Crippen LogP contribution in [0.25, 0.3) is 0 Å². The topological polar surface area (TPSA) is 78.0 Å². The lowest BCUT2D eigenvalue weighted by molar-refractivity contribution is 0.0846. The fourth-order valence-corrected chi connectivity index (χ4v) is 1.94. The number of nitrogens with zero attached hydrogens (tertiary/aromatic N) is 1. The Balaban J connectivity index is 1.89. The summed E-state index contributed by atoms with van der Waals surface area (Å²) < 4.78 is 0. The van der Waals surface area contributed by atoms with Crippen LogP contribution < -0.4 is 5.32 Å². The van der Waals surface area contributed by atoms with Crippen LogP contribution in [-0.4, -0.2) is 33.1 Å². The first kappa shape index (κ1) is 10.2. The van der Waals surface area contributed by atoms with Crippen LogP contribution in [0, 0.1) is 0 Å². The summed E-state index contributed by atoms with van der Waals surface area (Å²) in [4.78, 5) is 18.2. The predicted molar refractivity (Wildman–Crippen MR) is 54.3 cm³/mol. The van der Waals surface area contributed by atoms with Gasteiger partial charge >= 0.3 is 0 Å².